The number of rotatable bonds is 2. The molecule has 3 heteroatoms. The van der Waals surface area contributed by atoms with E-state index in [2.05, 4.69) is 0 Å². The SMILES string of the molecule is O=c1oc2ccccc2c2oc(-c3ccccc3)c(-c3ccccc3)c12. The Balaban J connectivity index is 1.99. The van der Waals surface area contributed by atoms with Crippen LogP contribution in [-0.2, 0) is 0 Å². The first-order chi connectivity index (χ1) is 12.8. The number of fused-ring (bicyclic) bond motifs is 3. The fourth-order valence-corrected chi connectivity index (χ4v) is 3.38. The minimum absolute atomic E-state index is 0.386. The van der Waals surface area contributed by atoms with Gasteiger partial charge in [-0.2, -0.15) is 0 Å². The minimum atomic E-state index is -0.386. The van der Waals surface area contributed by atoms with Gasteiger partial charge in [0.2, 0.25) is 0 Å². The largest absolute Gasteiger partial charge is 0.454 e. The lowest BCUT2D eigenvalue weighted by Gasteiger charge is -2.03. The van der Waals surface area contributed by atoms with Crippen LogP contribution < -0.4 is 5.63 Å². The molecule has 26 heavy (non-hydrogen) atoms. The van der Waals surface area contributed by atoms with Gasteiger partial charge in [0.15, 0.2) is 5.58 Å². The summed E-state index contributed by atoms with van der Waals surface area (Å²) >= 11 is 0. The predicted octanol–water partition coefficient (Wildman–Crippen LogP) is 5.87. The van der Waals surface area contributed by atoms with Crippen LogP contribution in [-0.4, -0.2) is 0 Å². The van der Waals surface area contributed by atoms with Gasteiger partial charge in [-0.15, -0.1) is 0 Å². The Hall–Kier alpha value is -3.59. The average Bonchev–Trinajstić information content (AvgIpc) is 3.11. The zero-order valence-electron chi connectivity index (χ0n) is 13.8. The van der Waals surface area contributed by atoms with E-state index < -0.39 is 0 Å². The van der Waals surface area contributed by atoms with Crippen molar-refractivity contribution >= 4 is 21.9 Å². The van der Waals surface area contributed by atoms with Crippen molar-refractivity contribution in [1.82, 2.24) is 0 Å². The van der Waals surface area contributed by atoms with Crippen molar-refractivity contribution in [2.24, 2.45) is 0 Å². The van der Waals surface area contributed by atoms with Crippen LogP contribution in [0.3, 0.4) is 0 Å². The molecule has 2 heterocycles. The summed E-state index contributed by atoms with van der Waals surface area (Å²) in [5, 5.41) is 1.27. The maximum Gasteiger partial charge on any atom is 0.348 e. The lowest BCUT2D eigenvalue weighted by atomic mass is 9.99. The number of hydrogen-bond donors (Lipinski definition) is 0. The summed E-state index contributed by atoms with van der Waals surface area (Å²) in [5.74, 6) is 0.676. The van der Waals surface area contributed by atoms with E-state index in [0.717, 1.165) is 22.1 Å². The van der Waals surface area contributed by atoms with Gasteiger partial charge in [0, 0.05) is 11.1 Å². The summed E-state index contributed by atoms with van der Waals surface area (Å²) in [6.07, 6.45) is 0. The van der Waals surface area contributed by atoms with Crippen molar-refractivity contribution in [2.75, 3.05) is 0 Å². The third-order valence-corrected chi connectivity index (χ3v) is 4.55. The molecule has 5 aromatic rings. The molecule has 0 bridgehead atoms. The highest BCUT2D eigenvalue weighted by atomic mass is 16.4. The first kappa shape index (κ1) is 14.7. The van der Waals surface area contributed by atoms with Crippen molar-refractivity contribution in [3.8, 4) is 22.5 Å². The van der Waals surface area contributed by atoms with Crippen molar-refractivity contribution in [3.63, 3.8) is 0 Å². The molecular weight excluding hydrogens is 324 g/mol. The number of para-hydroxylation sites is 1. The molecule has 0 atom stereocenters. The highest BCUT2D eigenvalue weighted by Gasteiger charge is 2.22. The second kappa shape index (κ2) is 5.74. The molecule has 0 radical (unpaired) electrons. The Morgan fingerprint density at radius 1 is 0.615 bits per heavy atom. The number of furan rings is 1. The Kier molecular flexibility index (Phi) is 3.25. The average molecular weight is 338 g/mol. The van der Waals surface area contributed by atoms with Crippen LogP contribution in [0, 0.1) is 0 Å². The van der Waals surface area contributed by atoms with E-state index in [4.69, 9.17) is 8.83 Å². The molecule has 0 fully saturated rings. The molecule has 0 saturated heterocycles. The third kappa shape index (κ3) is 2.18. The zero-order valence-corrected chi connectivity index (χ0v) is 13.8. The van der Waals surface area contributed by atoms with Crippen LogP contribution in [0.15, 0.2) is 98.6 Å². The highest BCUT2D eigenvalue weighted by molar-refractivity contribution is 6.10. The molecule has 5 rings (SSSR count). The van der Waals surface area contributed by atoms with E-state index in [1.54, 1.807) is 6.07 Å². The van der Waals surface area contributed by atoms with Crippen LogP contribution >= 0.6 is 0 Å². The molecule has 0 aliphatic carbocycles. The van der Waals surface area contributed by atoms with Crippen LogP contribution in [0.4, 0.5) is 0 Å². The topological polar surface area (TPSA) is 43.4 Å². The molecule has 0 aliphatic rings. The third-order valence-electron chi connectivity index (χ3n) is 4.55. The molecule has 0 spiro atoms. The van der Waals surface area contributed by atoms with Gasteiger partial charge in [0.1, 0.15) is 16.7 Å². The normalized spacial score (nSPS) is 11.2. The molecule has 0 saturated carbocycles. The summed E-state index contributed by atoms with van der Waals surface area (Å²) in [4.78, 5) is 12.8. The van der Waals surface area contributed by atoms with Crippen LogP contribution in [0.5, 0.6) is 0 Å². The fraction of sp³-hybridized carbons (Fsp3) is 0. The molecule has 0 unspecified atom stereocenters. The van der Waals surface area contributed by atoms with Crippen molar-refractivity contribution < 1.29 is 8.83 Å². The van der Waals surface area contributed by atoms with Gasteiger partial charge >= 0.3 is 5.63 Å². The lowest BCUT2D eigenvalue weighted by Crippen LogP contribution is -1.99. The van der Waals surface area contributed by atoms with E-state index in [0.29, 0.717) is 22.3 Å². The van der Waals surface area contributed by atoms with Crippen molar-refractivity contribution in [2.45, 2.75) is 0 Å². The molecule has 2 aromatic heterocycles. The van der Waals surface area contributed by atoms with Gasteiger partial charge in [0.05, 0.1) is 5.39 Å². The second-order valence-electron chi connectivity index (χ2n) is 6.13. The monoisotopic (exact) mass is 338 g/mol. The lowest BCUT2D eigenvalue weighted by molar-refractivity contribution is 0.565. The van der Waals surface area contributed by atoms with Gasteiger partial charge in [-0.3, -0.25) is 0 Å². The molecule has 0 N–H and O–H groups in total. The number of benzene rings is 3. The summed E-state index contributed by atoms with van der Waals surface area (Å²) < 4.78 is 11.8. The highest BCUT2D eigenvalue weighted by Crippen LogP contribution is 2.41. The quantitative estimate of drug-likeness (QED) is 0.378. The van der Waals surface area contributed by atoms with E-state index >= 15 is 0 Å². The maximum atomic E-state index is 12.8. The summed E-state index contributed by atoms with van der Waals surface area (Å²) in [5.41, 5.74) is 3.32. The van der Waals surface area contributed by atoms with Gasteiger partial charge in [-0.05, 0) is 17.7 Å². The zero-order chi connectivity index (χ0) is 17.5. The Morgan fingerprint density at radius 3 is 1.96 bits per heavy atom. The van der Waals surface area contributed by atoms with E-state index in [1.807, 2.05) is 78.9 Å². The van der Waals surface area contributed by atoms with E-state index in [9.17, 15) is 4.79 Å². The van der Waals surface area contributed by atoms with Crippen LogP contribution in [0.25, 0.3) is 44.4 Å². The van der Waals surface area contributed by atoms with Gasteiger partial charge in [-0.25, -0.2) is 4.79 Å². The first-order valence-electron chi connectivity index (χ1n) is 8.42. The van der Waals surface area contributed by atoms with Crippen LogP contribution in [0.1, 0.15) is 0 Å². The summed E-state index contributed by atoms with van der Waals surface area (Å²) in [7, 11) is 0. The van der Waals surface area contributed by atoms with E-state index in [1.165, 1.54) is 0 Å². The Bertz CT molecular complexity index is 1280. The Labute approximate surface area is 149 Å². The summed E-state index contributed by atoms with van der Waals surface area (Å²) in [6.45, 7) is 0. The molecule has 124 valence electrons. The second-order valence-corrected chi connectivity index (χ2v) is 6.13. The van der Waals surface area contributed by atoms with E-state index in [-0.39, 0.29) is 5.63 Å². The van der Waals surface area contributed by atoms with Crippen molar-refractivity contribution in [3.05, 3.63) is 95.3 Å². The smallest absolute Gasteiger partial charge is 0.348 e. The molecule has 3 nitrogen and oxygen atoms in total. The molecule has 0 aliphatic heterocycles. The Morgan fingerprint density at radius 2 is 1.23 bits per heavy atom. The predicted molar refractivity (Wildman–Crippen MR) is 103 cm³/mol. The maximum absolute atomic E-state index is 12.8. The van der Waals surface area contributed by atoms with Crippen molar-refractivity contribution in [1.29, 1.82) is 0 Å². The molecule has 0 amide bonds. The fourth-order valence-electron chi connectivity index (χ4n) is 3.38. The number of hydrogen-bond acceptors (Lipinski definition) is 3. The van der Waals surface area contributed by atoms with Gasteiger partial charge < -0.3 is 8.83 Å². The van der Waals surface area contributed by atoms with Gasteiger partial charge in [0.25, 0.3) is 0 Å². The minimum Gasteiger partial charge on any atom is -0.454 e. The first-order valence-corrected chi connectivity index (χ1v) is 8.42. The van der Waals surface area contributed by atoms with Crippen LogP contribution in [0.2, 0.25) is 0 Å². The molecular formula is C23H14O3. The van der Waals surface area contributed by atoms with Gasteiger partial charge in [-0.1, -0.05) is 72.8 Å². The standard InChI is InChI=1S/C23H14O3/c24-23-20-19(15-9-3-1-4-10-15)21(16-11-5-2-6-12-16)26-22(20)17-13-7-8-14-18(17)25-23/h1-14H. The molecule has 3 aromatic carbocycles. The summed E-state index contributed by atoms with van der Waals surface area (Å²) in [6, 6.07) is 27.1.